The van der Waals surface area contributed by atoms with Gasteiger partial charge in [0.05, 0.1) is 12.9 Å². The van der Waals surface area contributed by atoms with E-state index in [0.717, 1.165) is 34.4 Å². The normalized spacial score (nSPS) is 10.7. The minimum absolute atomic E-state index is 0.282. The number of carbonyl (C=O) groups is 2. The first-order valence-corrected chi connectivity index (χ1v) is 11.2. The number of rotatable bonds is 12. The lowest BCUT2D eigenvalue weighted by Gasteiger charge is -2.07. The summed E-state index contributed by atoms with van der Waals surface area (Å²) in [5.41, 5.74) is 4.28. The molecule has 0 saturated carbocycles. The molecule has 0 unspecified atom stereocenters. The van der Waals surface area contributed by atoms with Crippen LogP contribution < -0.4 is 9.47 Å². The second-order valence-corrected chi connectivity index (χ2v) is 7.31. The van der Waals surface area contributed by atoms with Gasteiger partial charge < -0.3 is 18.9 Å². The Kier molecular flexibility index (Phi) is 9.86. The fraction of sp³-hybridized carbons (Fsp3) is 0.0667. The number of ether oxygens (including phenoxy) is 4. The molecule has 3 aromatic rings. The molecule has 6 heteroatoms. The largest absolute Gasteiger partial charge is 0.465 e. The molecular weight excluding hydrogens is 456 g/mol. The van der Waals surface area contributed by atoms with E-state index in [1.165, 1.54) is 12.5 Å². The van der Waals surface area contributed by atoms with Crippen molar-refractivity contribution in [1.29, 1.82) is 0 Å². The molecule has 0 bridgehead atoms. The van der Waals surface area contributed by atoms with Crippen molar-refractivity contribution in [2.24, 2.45) is 0 Å². The van der Waals surface area contributed by atoms with E-state index in [1.54, 1.807) is 12.3 Å². The van der Waals surface area contributed by atoms with E-state index in [4.69, 9.17) is 18.9 Å². The Morgan fingerprint density at radius 1 is 0.611 bits per heavy atom. The van der Waals surface area contributed by atoms with Gasteiger partial charge in [0.25, 0.3) is 0 Å². The first kappa shape index (κ1) is 25.8. The highest BCUT2D eigenvalue weighted by atomic mass is 16.5. The zero-order valence-corrected chi connectivity index (χ0v) is 19.7. The van der Waals surface area contributed by atoms with Crippen LogP contribution in [0.5, 0.6) is 11.5 Å². The van der Waals surface area contributed by atoms with Gasteiger partial charge in [-0.1, -0.05) is 61.7 Å². The molecule has 0 heterocycles. The average Bonchev–Trinajstić information content (AvgIpc) is 2.93. The molecule has 0 spiro atoms. The van der Waals surface area contributed by atoms with Crippen LogP contribution in [-0.2, 0) is 19.1 Å². The molecule has 0 aliphatic heterocycles. The number of hydrogen-bond acceptors (Lipinski definition) is 6. The SMILES string of the molecule is C=CC(=O)OC=COc1ccc(-c2ccc(-c3ccc(OC=CCCOC(=O)C=C)cc3)cc2)cc1. The first-order valence-electron chi connectivity index (χ1n) is 11.2. The van der Waals surface area contributed by atoms with Crippen molar-refractivity contribution in [2.45, 2.75) is 6.42 Å². The third-order valence-electron chi connectivity index (χ3n) is 4.87. The first-order chi connectivity index (χ1) is 17.6. The molecule has 6 nitrogen and oxygen atoms in total. The predicted octanol–water partition coefficient (Wildman–Crippen LogP) is 6.61. The van der Waals surface area contributed by atoms with Crippen LogP contribution in [-0.4, -0.2) is 18.5 Å². The summed E-state index contributed by atoms with van der Waals surface area (Å²) in [7, 11) is 0. The third-order valence-corrected chi connectivity index (χ3v) is 4.87. The molecular formula is C30H26O6. The summed E-state index contributed by atoms with van der Waals surface area (Å²) in [6.45, 7) is 6.94. The molecule has 0 amide bonds. The minimum atomic E-state index is -0.549. The zero-order chi connectivity index (χ0) is 25.6. The Labute approximate surface area is 210 Å². The summed E-state index contributed by atoms with van der Waals surface area (Å²) in [5, 5.41) is 0. The Hall–Kier alpha value is -4.84. The standard InChI is InChI=1S/C30H26O6/c1-3-29(31)35-20-6-5-19-33-27-15-11-25(12-16-27)23-7-9-24(10-8-23)26-13-17-28(18-14-26)34-21-22-36-30(32)4-2/h3-5,7-19,21-22H,1-2,6,20H2. The van der Waals surface area contributed by atoms with E-state index in [9.17, 15) is 9.59 Å². The highest BCUT2D eigenvalue weighted by molar-refractivity contribution is 5.81. The summed E-state index contributed by atoms with van der Waals surface area (Å²) in [6.07, 6.45) is 8.60. The molecule has 3 aromatic carbocycles. The summed E-state index contributed by atoms with van der Waals surface area (Å²) >= 11 is 0. The van der Waals surface area contributed by atoms with Gasteiger partial charge in [-0.05, 0) is 52.6 Å². The second-order valence-electron chi connectivity index (χ2n) is 7.31. The van der Waals surface area contributed by atoms with Crippen molar-refractivity contribution >= 4 is 11.9 Å². The number of carbonyl (C=O) groups excluding carboxylic acids is 2. The van der Waals surface area contributed by atoms with E-state index < -0.39 is 11.9 Å². The number of esters is 2. The van der Waals surface area contributed by atoms with Crippen molar-refractivity contribution in [2.75, 3.05) is 6.61 Å². The van der Waals surface area contributed by atoms with Gasteiger partial charge in [0.2, 0.25) is 0 Å². The van der Waals surface area contributed by atoms with Crippen LogP contribution in [0.15, 0.2) is 123 Å². The summed E-state index contributed by atoms with van der Waals surface area (Å²) in [4.78, 5) is 21.9. The average molecular weight is 483 g/mol. The maximum absolute atomic E-state index is 11.0. The van der Waals surface area contributed by atoms with E-state index >= 15 is 0 Å². The van der Waals surface area contributed by atoms with Crippen LogP contribution in [0.3, 0.4) is 0 Å². The van der Waals surface area contributed by atoms with E-state index in [-0.39, 0.29) is 6.61 Å². The van der Waals surface area contributed by atoms with Gasteiger partial charge in [0, 0.05) is 18.6 Å². The Morgan fingerprint density at radius 3 is 1.53 bits per heavy atom. The molecule has 0 aromatic heterocycles. The second kappa shape index (κ2) is 13.8. The van der Waals surface area contributed by atoms with Gasteiger partial charge in [0.1, 0.15) is 24.0 Å². The molecule has 0 saturated heterocycles. The fourth-order valence-corrected chi connectivity index (χ4v) is 3.04. The molecule has 182 valence electrons. The highest BCUT2D eigenvalue weighted by Gasteiger charge is 2.02. The van der Waals surface area contributed by atoms with Crippen molar-refractivity contribution in [3.05, 3.63) is 123 Å². The van der Waals surface area contributed by atoms with Crippen LogP contribution in [0.25, 0.3) is 22.3 Å². The number of benzene rings is 3. The maximum atomic E-state index is 11.0. The van der Waals surface area contributed by atoms with Gasteiger partial charge >= 0.3 is 11.9 Å². The quantitative estimate of drug-likeness (QED) is 0.125. The predicted molar refractivity (Wildman–Crippen MR) is 139 cm³/mol. The summed E-state index contributed by atoms with van der Waals surface area (Å²) < 4.78 is 20.6. The van der Waals surface area contributed by atoms with Crippen molar-refractivity contribution in [3.63, 3.8) is 0 Å². The lowest BCUT2D eigenvalue weighted by molar-refractivity contribution is -0.137. The van der Waals surface area contributed by atoms with E-state index in [0.29, 0.717) is 17.9 Å². The Bertz CT molecular complexity index is 1220. The molecule has 0 radical (unpaired) electrons. The zero-order valence-electron chi connectivity index (χ0n) is 19.7. The van der Waals surface area contributed by atoms with Gasteiger partial charge in [0.15, 0.2) is 0 Å². The monoisotopic (exact) mass is 482 g/mol. The van der Waals surface area contributed by atoms with Crippen molar-refractivity contribution in [3.8, 4) is 33.8 Å². The third kappa shape index (κ3) is 8.18. The molecule has 36 heavy (non-hydrogen) atoms. The van der Waals surface area contributed by atoms with Crippen molar-refractivity contribution < 1.29 is 28.5 Å². The Balaban J connectivity index is 1.51. The molecule has 0 N–H and O–H groups in total. The molecule has 0 atom stereocenters. The minimum Gasteiger partial charge on any atom is -0.465 e. The molecule has 0 fully saturated rings. The van der Waals surface area contributed by atoms with Crippen LogP contribution in [0.1, 0.15) is 6.42 Å². The fourth-order valence-electron chi connectivity index (χ4n) is 3.04. The Morgan fingerprint density at radius 2 is 1.06 bits per heavy atom. The smallest absolute Gasteiger partial charge is 0.335 e. The van der Waals surface area contributed by atoms with Crippen LogP contribution >= 0.6 is 0 Å². The van der Waals surface area contributed by atoms with Gasteiger partial charge in [-0.15, -0.1) is 0 Å². The topological polar surface area (TPSA) is 71.1 Å². The van der Waals surface area contributed by atoms with Crippen molar-refractivity contribution in [1.82, 2.24) is 0 Å². The molecule has 3 rings (SSSR count). The van der Waals surface area contributed by atoms with Gasteiger partial charge in [-0.3, -0.25) is 0 Å². The van der Waals surface area contributed by atoms with Gasteiger partial charge in [-0.2, -0.15) is 0 Å². The lowest BCUT2D eigenvalue weighted by Crippen LogP contribution is -2.00. The highest BCUT2D eigenvalue weighted by Crippen LogP contribution is 2.27. The van der Waals surface area contributed by atoms with E-state index in [1.807, 2.05) is 48.5 Å². The lowest BCUT2D eigenvalue weighted by atomic mass is 10.0. The van der Waals surface area contributed by atoms with E-state index in [2.05, 4.69) is 37.4 Å². The summed E-state index contributed by atoms with van der Waals surface area (Å²) in [5.74, 6) is 0.350. The van der Waals surface area contributed by atoms with Crippen LogP contribution in [0.4, 0.5) is 0 Å². The molecule has 0 aliphatic carbocycles. The van der Waals surface area contributed by atoms with Gasteiger partial charge in [-0.25, -0.2) is 9.59 Å². The number of hydrogen-bond donors (Lipinski definition) is 0. The summed E-state index contributed by atoms with van der Waals surface area (Å²) in [6, 6.07) is 23.6. The van der Waals surface area contributed by atoms with Crippen LogP contribution in [0.2, 0.25) is 0 Å². The molecule has 0 aliphatic rings. The van der Waals surface area contributed by atoms with Crippen LogP contribution in [0, 0.1) is 0 Å². The maximum Gasteiger partial charge on any atom is 0.335 e.